The van der Waals surface area contributed by atoms with Crippen LogP contribution in [-0.2, 0) is 6.54 Å². The summed E-state index contributed by atoms with van der Waals surface area (Å²) < 4.78 is 25.3. The minimum absolute atomic E-state index is 0.273. The lowest BCUT2D eigenvalue weighted by Crippen LogP contribution is -2.10. The van der Waals surface area contributed by atoms with Crippen LogP contribution in [0.1, 0.15) is 0 Å². The Morgan fingerprint density at radius 1 is 1.73 bits per heavy atom. The summed E-state index contributed by atoms with van der Waals surface area (Å²) in [7, 11) is 0. The van der Waals surface area contributed by atoms with Gasteiger partial charge in [-0.2, -0.15) is 5.10 Å². The van der Waals surface area contributed by atoms with E-state index in [0.29, 0.717) is 3.70 Å². The predicted octanol–water partition coefficient (Wildman–Crippen LogP) is 1.33. The van der Waals surface area contributed by atoms with Gasteiger partial charge in [0.1, 0.15) is 16.1 Å². The molecule has 0 spiro atoms. The molecule has 0 amide bonds. The van der Waals surface area contributed by atoms with Gasteiger partial charge in [-0.05, 0) is 22.6 Å². The Bertz CT molecular complexity index is 248. The van der Waals surface area contributed by atoms with Gasteiger partial charge in [0.25, 0.3) is 6.43 Å². The number of alkyl halides is 2. The van der Waals surface area contributed by atoms with Gasteiger partial charge < -0.3 is 5.73 Å². The molecule has 0 saturated heterocycles. The Morgan fingerprint density at radius 3 is 2.73 bits per heavy atom. The van der Waals surface area contributed by atoms with Crippen LogP contribution in [0.15, 0.2) is 6.07 Å². The molecule has 1 aromatic rings. The van der Waals surface area contributed by atoms with Crippen molar-refractivity contribution in [1.82, 2.24) is 9.78 Å². The van der Waals surface area contributed by atoms with E-state index in [1.165, 1.54) is 0 Å². The van der Waals surface area contributed by atoms with E-state index in [1.807, 2.05) is 22.6 Å². The summed E-state index contributed by atoms with van der Waals surface area (Å²) >= 11 is 1.92. The molecule has 1 rings (SSSR count). The molecule has 0 bridgehead atoms. The second-order valence-corrected chi connectivity index (χ2v) is 3.07. The van der Waals surface area contributed by atoms with Crippen LogP contribution in [0.2, 0.25) is 0 Å². The monoisotopic (exact) mass is 273 g/mol. The van der Waals surface area contributed by atoms with Crippen molar-refractivity contribution in [3.63, 3.8) is 0 Å². The van der Waals surface area contributed by atoms with Gasteiger partial charge >= 0.3 is 0 Å². The van der Waals surface area contributed by atoms with E-state index >= 15 is 0 Å². The average molecular weight is 273 g/mol. The molecule has 0 unspecified atom stereocenters. The zero-order valence-electron chi connectivity index (χ0n) is 5.47. The molecule has 1 aromatic heterocycles. The molecule has 62 valence electrons. The maximum atomic E-state index is 11.8. The lowest BCUT2D eigenvalue weighted by molar-refractivity contribution is 0.122. The minimum atomic E-state index is -2.41. The fourth-order valence-corrected chi connectivity index (χ4v) is 1.25. The molecule has 3 nitrogen and oxygen atoms in total. The molecule has 0 radical (unpaired) electrons. The average Bonchev–Trinajstić information content (AvgIpc) is 2.09. The summed E-state index contributed by atoms with van der Waals surface area (Å²) in [6.45, 7) is -0.436. The first-order chi connectivity index (χ1) is 5.09. The van der Waals surface area contributed by atoms with E-state index in [2.05, 4.69) is 5.10 Å². The van der Waals surface area contributed by atoms with E-state index in [0.717, 1.165) is 4.68 Å². The van der Waals surface area contributed by atoms with E-state index in [1.54, 1.807) is 6.07 Å². The Balaban J connectivity index is 2.77. The zero-order valence-corrected chi connectivity index (χ0v) is 7.62. The molecule has 0 atom stereocenters. The molecule has 0 aromatic carbocycles. The van der Waals surface area contributed by atoms with Crippen molar-refractivity contribution in [1.29, 1.82) is 0 Å². The van der Waals surface area contributed by atoms with Gasteiger partial charge in [0, 0.05) is 6.07 Å². The van der Waals surface area contributed by atoms with E-state index in [4.69, 9.17) is 5.73 Å². The molecule has 1 heterocycles. The van der Waals surface area contributed by atoms with Gasteiger partial charge in [-0.1, -0.05) is 0 Å². The minimum Gasteiger partial charge on any atom is -0.384 e. The number of halogens is 3. The van der Waals surface area contributed by atoms with E-state index in [9.17, 15) is 8.78 Å². The van der Waals surface area contributed by atoms with Crippen LogP contribution < -0.4 is 5.73 Å². The number of nitrogen functional groups attached to an aromatic ring is 1. The second kappa shape index (κ2) is 3.33. The largest absolute Gasteiger partial charge is 0.384 e. The van der Waals surface area contributed by atoms with Crippen LogP contribution in [0.3, 0.4) is 0 Å². The van der Waals surface area contributed by atoms with Crippen molar-refractivity contribution >= 4 is 28.4 Å². The van der Waals surface area contributed by atoms with Crippen LogP contribution >= 0.6 is 22.6 Å². The van der Waals surface area contributed by atoms with Gasteiger partial charge in [-0.15, -0.1) is 0 Å². The fourth-order valence-electron chi connectivity index (χ4n) is 0.675. The molecular weight excluding hydrogens is 267 g/mol. The smallest absolute Gasteiger partial charge is 0.258 e. The van der Waals surface area contributed by atoms with Gasteiger partial charge in [-0.25, -0.2) is 13.5 Å². The third kappa shape index (κ3) is 2.28. The summed E-state index contributed by atoms with van der Waals surface area (Å²) in [4.78, 5) is 0. The number of anilines is 1. The highest BCUT2D eigenvalue weighted by molar-refractivity contribution is 14.1. The number of nitrogens with two attached hydrogens (primary N) is 1. The molecule has 6 heteroatoms. The normalized spacial score (nSPS) is 10.9. The van der Waals surface area contributed by atoms with Crippen molar-refractivity contribution in [2.24, 2.45) is 0 Å². The van der Waals surface area contributed by atoms with Crippen LogP contribution in [0.25, 0.3) is 0 Å². The first-order valence-corrected chi connectivity index (χ1v) is 3.94. The van der Waals surface area contributed by atoms with Crippen molar-refractivity contribution < 1.29 is 8.78 Å². The van der Waals surface area contributed by atoms with Crippen LogP contribution in [0.4, 0.5) is 14.6 Å². The maximum Gasteiger partial charge on any atom is 0.258 e. The number of nitrogens with zero attached hydrogens (tertiary/aromatic N) is 2. The van der Waals surface area contributed by atoms with Crippen LogP contribution in [-0.4, -0.2) is 16.2 Å². The SMILES string of the molecule is Nc1cc(I)nn1CC(F)F. The third-order valence-electron chi connectivity index (χ3n) is 1.09. The number of hydrogen-bond donors (Lipinski definition) is 1. The van der Waals surface area contributed by atoms with Crippen molar-refractivity contribution in [3.05, 3.63) is 9.77 Å². The lowest BCUT2D eigenvalue weighted by atomic mass is 10.6. The molecule has 11 heavy (non-hydrogen) atoms. The molecule has 0 aliphatic carbocycles. The Labute approximate surface area is 75.7 Å². The highest BCUT2D eigenvalue weighted by atomic mass is 127. The standard InChI is InChI=1S/C5H6F2IN3/c6-3(7)2-11-5(9)1-4(8)10-11/h1,3H,2,9H2. The molecule has 2 N–H and O–H groups in total. The maximum absolute atomic E-state index is 11.8. The van der Waals surface area contributed by atoms with Gasteiger partial charge in [-0.3, -0.25) is 0 Å². The Morgan fingerprint density at radius 2 is 2.36 bits per heavy atom. The quantitative estimate of drug-likeness (QED) is 0.826. The lowest BCUT2D eigenvalue weighted by Gasteiger charge is -2.00. The van der Waals surface area contributed by atoms with E-state index in [-0.39, 0.29) is 5.82 Å². The van der Waals surface area contributed by atoms with Crippen LogP contribution in [0, 0.1) is 3.70 Å². The molecular formula is C5H6F2IN3. The highest BCUT2D eigenvalue weighted by Gasteiger charge is 2.08. The predicted molar refractivity (Wildman–Crippen MR) is 45.4 cm³/mol. The summed E-state index contributed by atoms with van der Waals surface area (Å²) in [5.74, 6) is 0.273. The molecule has 0 fully saturated rings. The zero-order chi connectivity index (χ0) is 8.43. The fraction of sp³-hybridized carbons (Fsp3) is 0.400. The Hall–Kier alpha value is -0.400. The first-order valence-electron chi connectivity index (χ1n) is 2.86. The van der Waals surface area contributed by atoms with Gasteiger partial charge in [0.2, 0.25) is 0 Å². The first kappa shape index (κ1) is 8.69. The summed E-state index contributed by atoms with van der Waals surface area (Å²) in [5.41, 5.74) is 5.35. The number of rotatable bonds is 2. The Kier molecular flexibility index (Phi) is 2.63. The van der Waals surface area contributed by atoms with Crippen LogP contribution in [0.5, 0.6) is 0 Å². The van der Waals surface area contributed by atoms with Crippen molar-refractivity contribution in [2.75, 3.05) is 5.73 Å². The van der Waals surface area contributed by atoms with Gasteiger partial charge in [0.15, 0.2) is 0 Å². The van der Waals surface area contributed by atoms with Gasteiger partial charge in [0.05, 0.1) is 0 Å². The molecule has 0 saturated carbocycles. The van der Waals surface area contributed by atoms with Crippen molar-refractivity contribution in [3.8, 4) is 0 Å². The summed E-state index contributed by atoms with van der Waals surface area (Å²) in [6.07, 6.45) is -2.41. The third-order valence-corrected chi connectivity index (χ3v) is 1.62. The summed E-state index contributed by atoms with van der Waals surface area (Å²) in [5, 5.41) is 3.75. The highest BCUT2D eigenvalue weighted by Crippen LogP contribution is 2.10. The molecule has 0 aliphatic heterocycles. The summed E-state index contributed by atoms with van der Waals surface area (Å²) in [6, 6.07) is 1.54. The van der Waals surface area contributed by atoms with E-state index < -0.39 is 13.0 Å². The number of aromatic nitrogens is 2. The second-order valence-electron chi connectivity index (χ2n) is 1.97. The van der Waals surface area contributed by atoms with Crippen molar-refractivity contribution in [2.45, 2.75) is 13.0 Å². The topological polar surface area (TPSA) is 43.8 Å². The molecule has 0 aliphatic rings. The number of hydrogen-bond acceptors (Lipinski definition) is 2.